The van der Waals surface area contributed by atoms with E-state index in [2.05, 4.69) is 0 Å². The SMILES string of the molecule is O=[N+]([O-])c1ccc(C(N2CCCC2)C(F)(F)F)cc1. The molecular weight excluding hydrogens is 261 g/mol. The molecule has 1 aromatic carbocycles. The minimum Gasteiger partial charge on any atom is -0.289 e. The second kappa shape index (κ2) is 5.16. The van der Waals surface area contributed by atoms with Gasteiger partial charge in [0, 0.05) is 12.1 Å². The van der Waals surface area contributed by atoms with Gasteiger partial charge in [0.15, 0.2) is 0 Å². The number of rotatable bonds is 3. The Morgan fingerprint density at radius 3 is 2.11 bits per heavy atom. The van der Waals surface area contributed by atoms with Gasteiger partial charge in [-0.05, 0) is 31.5 Å². The molecular formula is C12H13F3N2O2. The zero-order chi connectivity index (χ0) is 14.0. The lowest BCUT2D eigenvalue weighted by molar-refractivity contribution is -0.384. The van der Waals surface area contributed by atoms with Gasteiger partial charge >= 0.3 is 6.18 Å². The first-order chi connectivity index (χ1) is 8.89. The second-order valence-corrected chi connectivity index (χ2v) is 4.54. The van der Waals surface area contributed by atoms with Crippen LogP contribution < -0.4 is 0 Å². The molecule has 1 atom stereocenters. The fourth-order valence-electron chi connectivity index (χ4n) is 2.38. The van der Waals surface area contributed by atoms with Crippen LogP contribution in [0.25, 0.3) is 0 Å². The summed E-state index contributed by atoms with van der Waals surface area (Å²) in [6.07, 6.45) is -2.88. The van der Waals surface area contributed by atoms with Gasteiger partial charge in [-0.15, -0.1) is 0 Å². The Bertz CT molecular complexity index is 453. The predicted molar refractivity (Wildman–Crippen MR) is 62.7 cm³/mol. The Labute approximate surface area is 108 Å². The lowest BCUT2D eigenvalue weighted by Gasteiger charge is -2.29. The van der Waals surface area contributed by atoms with Crippen LogP contribution in [0.2, 0.25) is 0 Å². The van der Waals surface area contributed by atoms with E-state index in [1.54, 1.807) is 0 Å². The van der Waals surface area contributed by atoms with Crippen molar-refractivity contribution < 1.29 is 18.1 Å². The number of likely N-dealkylation sites (tertiary alicyclic amines) is 1. The maximum Gasteiger partial charge on any atom is 0.408 e. The lowest BCUT2D eigenvalue weighted by Crippen LogP contribution is -2.36. The molecule has 19 heavy (non-hydrogen) atoms. The summed E-state index contributed by atoms with van der Waals surface area (Å²) in [7, 11) is 0. The molecule has 0 bridgehead atoms. The van der Waals surface area contributed by atoms with Crippen LogP contribution in [-0.2, 0) is 0 Å². The number of non-ortho nitro benzene ring substituents is 1. The Hall–Kier alpha value is -1.63. The highest BCUT2D eigenvalue weighted by molar-refractivity contribution is 5.34. The number of hydrogen-bond acceptors (Lipinski definition) is 3. The molecule has 0 aliphatic carbocycles. The monoisotopic (exact) mass is 274 g/mol. The van der Waals surface area contributed by atoms with Crippen molar-refractivity contribution in [3.63, 3.8) is 0 Å². The molecule has 0 aromatic heterocycles. The van der Waals surface area contributed by atoms with Crippen LogP contribution >= 0.6 is 0 Å². The van der Waals surface area contributed by atoms with E-state index in [0.717, 1.165) is 25.0 Å². The van der Waals surface area contributed by atoms with E-state index in [9.17, 15) is 23.3 Å². The van der Waals surface area contributed by atoms with Gasteiger partial charge in [0.1, 0.15) is 6.04 Å². The topological polar surface area (TPSA) is 46.4 Å². The molecule has 0 radical (unpaired) electrons. The first-order valence-electron chi connectivity index (χ1n) is 5.95. The van der Waals surface area contributed by atoms with Crippen LogP contribution in [0.3, 0.4) is 0 Å². The predicted octanol–water partition coefficient (Wildman–Crippen LogP) is 3.29. The highest BCUT2D eigenvalue weighted by Gasteiger charge is 2.45. The largest absolute Gasteiger partial charge is 0.408 e. The fourth-order valence-corrected chi connectivity index (χ4v) is 2.38. The van der Waals surface area contributed by atoms with Crippen molar-refractivity contribution in [3.8, 4) is 0 Å². The number of nitro groups is 1. The zero-order valence-electron chi connectivity index (χ0n) is 10.1. The molecule has 4 nitrogen and oxygen atoms in total. The molecule has 7 heteroatoms. The second-order valence-electron chi connectivity index (χ2n) is 4.54. The molecule has 1 heterocycles. The Morgan fingerprint density at radius 1 is 1.16 bits per heavy atom. The van der Waals surface area contributed by atoms with E-state index in [0.29, 0.717) is 13.1 Å². The van der Waals surface area contributed by atoms with Crippen molar-refractivity contribution in [2.45, 2.75) is 25.1 Å². The van der Waals surface area contributed by atoms with Gasteiger partial charge in [0.25, 0.3) is 5.69 Å². The lowest BCUT2D eigenvalue weighted by atomic mass is 10.0. The summed E-state index contributed by atoms with van der Waals surface area (Å²) in [6, 6.07) is 2.94. The van der Waals surface area contributed by atoms with Crippen molar-refractivity contribution >= 4 is 5.69 Å². The number of hydrogen-bond donors (Lipinski definition) is 0. The van der Waals surface area contributed by atoms with Crippen LogP contribution in [-0.4, -0.2) is 29.1 Å². The van der Waals surface area contributed by atoms with Crippen molar-refractivity contribution in [1.29, 1.82) is 0 Å². The standard InChI is InChI=1S/C12H13F3N2O2/c13-12(14,15)11(16-7-1-2-8-16)9-3-5-10(6-4-9)17(18)19/h3-6,11H,1-2,7-8H2. The van der Waals surface area contributed by atoms with Crippen molar-refractivity contribution in [2.24, 2.45) is 0 Å². The van der Waals surface area contributed by atoms with Gasteiger partial charge in [-0.2, -0.15) is 13.2 Å². The summed E-state index contributed by atoms with van der Waals surface area (Å²) in [4.78, 5) is 11.3. The molecule has 1 aliphatic rings. The number of nitrogens with zero attached hydrogens (tertiary/aromatic N) is 2. The number of benzene rings is 1. The quantitative estimate of drug-likeness (QED) is 0.627. The zero-order valence-corrected chi connectivity index (χ0v) is 10.1. The van der Waals surface area contributed by atoms with Gasteiger partial charge in [-0.1, -0.05) is 12.1 Å². The minimum absolute atomic E-state index is 0.0556. The van der Waals surface area contributed by atoms with E-state index < -0.39 is 17.1 Å². The normalized spacial score (nSPS) is 18.5. The van der Waals surface area contributed by atoms with Gasteiger partial charge in [0.05, 0.1) is 4.92 Å². The average Bonchev–Trinajstić information content (AvgIpc) is 2.81. The van der Waals surface area contributed by atoms with E-state index in [-0.39, 0.29) is 11.3 Å². The Kier molecular flexibility index (Phi) is 3.75. The Balaban J connectivity index is 2.30. The summed E-state index contributed by atoms with van der Waals surface area (Å²) in [6.45, 7) is 0.808. The maximum atomic E-state index is 13.1. The molecule has 0 N–H and O–H groups in total. The third kappa shape index (κ3) is 3.04. The number of alkyl halides is 3. The van der Waals surface area contributed by atoms with Gasteiger partial charge < -0.3 is 0 Å². The third-order valence-corrected chi connectivity index (χ3v) is 3.24. The summed E-state index contributed by atoms with van der Waals surface area (Å²) < 4.78 is 39.4. The highest BCUT2D eigenvalue weighted by Crippen LogP contribution is 2.39. The van der Waals surface area contributed by atoms with Crippen LogP contribution in [0, 0.1) is 10.1 Å². The minimum atomic E-state index is -4.37. The van der Waals surface area contributed by atoms with Gasteiger partial charge in [-0.25, -0.2) is 0 Å². The molecule has 0 spiro atoms. The first kappa shape index (κ1) is 13.8. The van der Waals surface area contributed by atoms with Crippen molar-refractivity contribution in [1.82, 2.24) is 4.90 Å². The summed E-state index contributed by atoms with van der Waals surface area (Å²) in [5.74, 6) is 0. The van der Waals surface area contributed by atoms with Crippen molar-refractivity contribution in [3.05, 3.63) is 39.9 Å². The van der Waals surface area contributed by atoms with Crippen molar-refractivity contribution in [2.75, 3.05) is 13.1 Å². The smallest absolute Gasteiger partial charge is 0.289 e. The number of nitro benzene ring substituents is 1. The van der Waals surface area contributed by atoms with Crippen LogP contribution in [0.4, 0.5) is 18.9 Å². The number of halogens is 3. The molecule has 0 saturated carbocycles. The Morgan fingerprint density at radius 2 is 1.68 bits per heavy atom. The van der Waals surface area contributed by atoms with E-state index in [4.69, 9.17) is 0 Å². The van der Waals surface area contributed by atoms with Gasteiger partial charge in [-0.3, -0.25) is 15.0 Å². The van der Waals surface area contributed by atoms with E-state index >= 15 is 0 Å². The maximum absolute atomic E-state index is 13.1. The molecule has 1 aromatic rings. The van der Waals surface area contributed by atoms with Gasteiger partial charge in [0.2, 0.25) is 0 Å². The summed E-state index contributed by atoms with van der Waals surface area (Å²) in [5.41, 5.74) is -0.147. The molecule has 1 saturated heterocycles. The van der Waals surface area contributed by atoms with E-state index in [1.165, 1.54) is 17.0 Å². The molecule has 1 aliphatic heterocycles. The average molecular weight is 274 g/mol. The molecule has 1 unspecified atom stereocenters. The summed E-state index contributed by atoms with van der Waals surface area (Å²) >= 11 is 0. The molecule has 104 valence electrons. The highest BCUT2D eigenvalue weighted by atomic mass is 19.4. The van der Waals surface area contributed by atoms with E-state index in [1.807, 2.05) is 0 Å². The van der Waals surface area contributed by atoms with Crippen LogP contribution in [0.1, 0.15) is 24.4 Å². The fraction of sp³-hybridized carbons (Fsp3) is 0.500. The van der Waals surface area contributed by atoms with Crippen LogP contribution in [0.15, 0.2) is 24.3 Å². The molecule has 0 amide bonds. The summed E-state index contributed by atoms with van der Waals surface area (Å²) in [5, 5.41) is 10.5. The van der Waals surface area contributed by atoms with Crippen LogP contribution in [0.5, 0.6) is 0 Å². The molecule has 1 fully saturated rings. The third-order valence-electron chi connectivity index (χ3n) is 3.24. The molecule has 2 rings (SSSR count). The first-order valence-corrected chi connectivity index (χ1v) is 5.95.